The molecule has 2 rings (SSSR count). The summed E-state index contributed by atoms with van der Waals surface area (Å²) in [6.07, 6.45) is 2.15. The maximum absolute atomic E-state index is 12.5. The number of hydrogen-bond acceptors (Lipinski definition) is 3. The molecule has 21 heavy (non-hydrogen) atoms. The summed E-state index contributed by atoms with van der Waals surface area (Å²) in [5.74, 6) is 0.456. The molecule has 1 aromatic carbocycles. The smallest absolute Gasteiger partial charge is 0.244 e. The lowest BCUT2D eigenvalue weighted by atomic mass is 9.97. The van der Waals surface area contributed by atoms with E-state index in [4.69, 9.17) is 10.5 Å². The Hall–Kier alpha value is -1.10. The van der Waals surface area contributed by atoms with E-state index in [2.05, 4.69) is 0 Å². The summed E-state index contributed by atoms with van der Waals surface area (Å²) in [5, 5.41) is 0. The van der Waals surface area contributed by atoms with Crippen molar-refractivity contribution in [1.29, 1.82) is 0 Å². The lowest BCUT2D eigenvalue weighted by molar-refractivity contribution is -0.135. The molecule has 1 aromatic rings. The van der Waals surface area contributed by atoms with E-state index in [1.54, 1.807) is 7.11 Å². The Bertz CT molecular complexity index is 448. The number of rotatable bonds is 4. The molecule has 0 aliphatic carbocycles. The normalized spacial score (nSPS) is 19.8. The van der Waals surface area contributed by atoms with E-state index in [0.29, 0.717) is 12.5 Å². The second-order valence-electron chi connectivity index (χ2n) is 5.64. The fourth-order valence-corrected chi connectivity index (χ4v) is 2.75. The molecule has 1 amide bonds. The molecule has 1 aliphatic heterocycles. The van der Waals surface area contributed by atoms with E-state index in [1.807, 2.05) is 36.1 Å². The third-order valence-electron chi connectivity index (χ3n) is 3.94. The molecule has 0 saturated carbocycles. The van der Waals surface area contributed by atoms with Crippen molar-refractivity contribution in [2.75, 3.05) is 26.8 Å². The van der Waals surface area contributed by atoms with Crippen LogP contribution in [0.5, 0.6) is 0 Å². The molecular formula is C16H25ClN2O2. The quantitative estimate of drug-likeness (QED) is 0.928. The summed E-state index contributed by atoms with van der Waals surface area (Å²) in [7, 11) is 1.71. The number of nitrogens with zero attached hydrogens (tertiary/aromatic N) is 1. The predicted molar refractivity (Wildman–Crippen MR) is 86.5 cm³/mol. The van der Waals surface area contributed by atoms with Gasteiger partial charge in [0.15, 0.2) is 0 Å². The number of halogens is 1. The van der Waals surface area contributed by atoms with Crippen LogP contribution in [0.2, 0.25) is 0 Å². The van der Waals surface area contributed by atoms with Gasteiger partial charge in [-0.2, -0.15) is 0 Å². The highest BCUT2D eigenvalue weighted by Crippen LogP contribution is 2.21. The lowest BCUT2D eigenvalue weighted by Gasteiger charge is -2.34. The first-order chi connectivity index (χ1) is 9.61. The number of piperidine rings is 1. The maximum atomic E-state index is 12.5. The summed E-state index contributed by atoms with van der Waals surface area (Å²) in [5.41, 5.74) is 8.17. The van der Waals surface area contributed by atoms with Crippen molar-refractivity contribution in [3.8, 4) is 0 Å². The SMILES string of the molecule is COCC1CCCN(C(=O)C(N)c2ccc(C)cc2)C1.Cl. The van der Waals surface area contributed by atoms with Crippen molar-refractivity contribution in [2.45, 2.75) is 25.8 Å². The van der Waals surface area contributed by atoms with Gasteiger partial charge in [-0.1, -0.05) is 29.8 Å². The summed E-state index contributed by atoms with van der Waals surface area (Å²) >= 11 is 0. The summed E-state index contributed by atoms with van der Waals surface area (Å²) in [6.45, 7) is 4.30. The number of methoxy groups -OCH3 is 1. The number of hydrogen-bond donors (Lipinski definition) is 1. The van der Waals surface area contributed by atoms with E-state index in [1.165, 1.54) is 5.56 Å². The Morgan fingerprint density at radius 2 is 2.10 bits per heavy atom. The number of likely N-dealkylation sites (tertiary alicyclic amines) is 1. The minimum Gasteiger partial charge on any atom is -0.384 e. The Morgan fingerprint density at radius 1 is 1.43 bits per heavy atom. The average Bonchev–Trinajstić information content (AvgIpc) is 2.47. The van der Waals surface area contributed by atoms with Crippen LogP contribution >= 0.6 is 12.4 Å². The van der Waals surface area contributed by atoms with Crippen LogP contribution in [-0.4, -0.2) is 37.6 Å². The van der Waals surface area contributed by atoms with Gasteiger partial charge in [-0.05, 0) is 31.2 Å². The van der Waals surface area contributed by atoms with Gasteiger partial charge in [0.2, 0.25) is 5.91 Å². The molecule has 5 heteroatoms. The van der Waals surface area contributed by atoms with E-state index in [-0.39, 0.29) is 18.3 Å². The fraction of sp³-hybridized carbons (Fsp3) is 0.562. The second-order valence-corrected chi connectivity index (χ2v) is 5.64. The molecule has 1 heterocycles. The standard InChI is InChI=1S/C16H24N2O2.ClH/c1-12-5-7-14(8-6-12)15(17)16(19)18-9-3-4-13(10-18)11-20-2;/h5-8,13,15H,3-4,9-11,17H2,1-2H3;1H. The Labute approximate surface area is 133 Å². The van der Waals surface area contributed by atoms with Crippen molar-refractivity contribution in [3.63, 3.8) is 0 Å². The van der Waals surface area contributed by atoms with Crippen molar-refractivity contribution in [2.24, 2.45) is 11.7 Å². The van der Waals surface area contributed by atoms with Crippen molar-refractivity contribution in [3.05, 3.63) is 35.4 Å². The molecule has 2 unspecified atom stereocenters. The molecule has 0 bridgehead atoms. The minimum atomic E-state index is -0.558. The van der Waals surface area contributed by atoms with Crippen LogP contribution in [0.15, 0.2) is 24.3 Å². The number of carbonyl (C=O) groups excluding carboxylic acids is 1. The van der Waals surface area contributed by atoms with Crippen LogP contribution in [0, 0.1) is 12.8 Å². The molecule has 2 atom stereocenters. The molecular weight excluding hydrogens is 288 g/mol. The Balaban J connectivity index is 0.00000220. The third-order valence-corrected chi connectivity index (χ3v) is 3.94. The van der Waals surface area contributed by atoms with Crippen LogP contribution in [0.1, 0.15) is 30.0 Å². The highest BCUT2D eigenvalue weighted by molar-refractivity contribution is 5.85. The molecule has 1 aliphatic rings. The van der Waals surface area contributed by atoms with Crippen molar-refractivity contribution in [1.82, 2.24) is 4.90 Å². The number of ether oxygens (including phenoxy) is 1. The van der Waals surface area contributed by atoms with Crippen LogP contribution in [0.25, 0.3) is 0 Å². The Morgan fingerprint density at radius 3 is 2.71 bits per heavy atom. The first-order valence-electron chi connectivity index (χ1n) is 7.21. The van der Waals surface area contributed by atoms with Gasteiger partial charge in [-0.3, -0.25) is 4.79 Å². The van der Waals surface area contributed by atoms with Crippen LogP contribution in [-0.2, 0) is 9.53 Å². The zero-order valence-corrected chi connectivity index (χ0v) is 13.6. The maximum Gasteiger partial charge on any atom is 0.244 e. The van der Waals surface area contributed by atoms with Gasteiger partial charge in [0, 0.05) is 20.2 Å². The first-order valence-corrected chi connectivity index (χ1v) is 7.21. The van der Waals surface area contributed by atoms with Crippen LogP contribution in [0.4, 0.5) is 0 Å². The largest absolute Gasteiger partial charge is 0.384 e. The van der Waals surface area contributed by atoms with E-state index in [0.717, 1.165) is 31.5 Å². The van der Waals surface area contributed by atoms with Crippen molar-refractivity contribution >= 4 is 18.3 Å². The number of nitrogens with two attached hydrogens (primary N) is 1. The number of aryl methyl sites for hydroxylation is 1. The molecule has 2 N–H and O–H groups in total. The van der Waals surface area contributed by atoms with Crippen molar-refractivity contribution < 1.29 is 9.53 Å². The first kappa shape index (κ1) is 18.0. The van der Waals surface area contributed by atoms with E-state index in [9.17, 15) is 4.79 Å². The fourth-order valence-electron chi connectivity index (χ4n) is 2.75. The zero-order chi connectivity index (χ0) is 14.5. The highest BCUT2D eigenvalue weighted by Gasteiger charge is 2.27. The van der Waals surface area contributed by atoms with Gasteiger partial charge in [-0.25, -0.2) is 0 Å². The molecule has 1 fully saturated rings. The van der Waals surface area contributed by atoms with Crippen LogP contribution < -0.4 is 5.73 Å². The van der Waals surface area contributed by atoms with Gasteiger partial charge in [-0.15, -0.1) is 12.4 Å². The lowest BCUT2D eigenvalue weighted by Crippen LogP contribution is -2.45. The number of carbonyl (C=O) groups is 1. The summed E-state index contributed by atoms with van der Waals surface area (Å²) in [6, 6.07) is 7.30. The molecule has 4 nitrogen and oxygen atoms in total. The van der Waals surface area contributed by atoms with E-state index < -0.39 is 6.04 Å². The average molecular weight is 313 g/mol. The zero-order valence-electron chi connectivity index (χ0n) is 12.7. The monoisotopic (exact) mass is 312 g/mol. The summed E-state index contributed by atoms with van der Waals surface area (Å²) < 4.78 is 5.20. The van der Waals surface area contributed by atoms with Gasteiger partial charge in [0.1, 0.15) is 6.04 Å². The molecule has 0 spiro atoms. The molecule has 0 radical (unpaired) electrons. The van der Waals surface area contributed by atoms with Crippen LogP contribution in [0.3, 0.4) is 0 Å². The van der Waals surface area contributed by atoms with E-state index >= 15 is 0 Å². The topological polar surface area (TPSA) is 55.6 Å². The molecule has 118 valence electrons. The third kappa shape index (κ3) is 4.70. The van der Waals surface area contributed by atoms with Gasteiger partial charge in [0.25, 0.3) is 0 Å². The van der Waals surface area contributed by atoms with Gasteiger partial charge in [0.05, 0.1) is 6.61 Å². The van der Waals surface area contributed by atoms with Gasteiger partial charge < -0.3 is 15.4 Å². The molecule has 0 aromatic heterocycles. The minimum absolute atomic E-state index is 0. The Kier molecular flexibility index (Phi) is 7.15. The summed E-state index contributed by atoms with van der Waals surface area (Å²) in [4.78, 5) is 14.4. The highest BCUT2D eigenvalue weighted by atomic mass is 35.5. The number of benzene rings is 1. The number of amides is 1. The van der Waals surface area contributed by atoms with Gasteiger partial charge >= 0.3 is 0 Å². The molecule has 1 saturated heterocycles. The predicted octanol–water partition coefficient (Wildman–Crippen LogP) is 2.30. The second kappa shape index (κ2) is 8.37.